The van der Waals surface area contributed by atoms with Crippen LogP contribution in [0.3, 0.4) is 0 Å². The highest BCUT2D eigenvalue weighted by molar-refractivity contribution is 6.36. The van der Waals surface area contributed by atoms with E-state index in [1.165, 1.54) is 0 Å². The molecule has 0 spiro atoms. The molecular formula is C13H18Cl3N2O-. The molecule has 108 valence electrons. The molecule has 6 heteroatoms. The number of benzene rings is 1. The Balaban J connectivity index is 0.00000324. The van der Waals surface area contributed by atoms with Gasteiger partial charge < -0.3 is 22.6 Å². The van der Waals surface area contributed by atoms with Gasteiger partial charge in [0, 0.05) is 18.1 Å². The van der Waals surface area contributed by atoms with Crippen molar-refractivity contribution in [2.75, 3.05) is 26.2 Å². The minimum atomic E-state index is -0.163. The van der Waals surface area contributed by atoms with Gasteiger partial charge in [-0.3, -0.25) is 4.79 Å². The number of carbonyl (C=O) groups excluding carboxylic acids is 1. The minimum Gasteiger partial charge on any atom is -1.00 e. The van der Waals surface area contributed by atoms with Crippen molar-refractivity contribution < 1.29 is 17.2 Å². The van der Waals surface area contributed by atoms with Gasteiger partial charge in [0.15, 0.2) is 0 Å². The van der Waals surface area contributed by atoms with Crippen LogP contribution in [-0.4, -0.2) is 37.0 Å². The van der Waals surface area contributed by atoms with Gasteiger partial charge in [-0.1, -0.05) is 37.0 Å². The van der Waals surface area contributed by atoms with Crippen molar-refractivity contribution in [1.82, 2.24) is 10.2 Å². The number of halogens is 3. The Morgan fingerprint density at radius 2 is 1.89 bits per heavy atom. The van der Waals surface area contributed by atoms with Crippen molar-refractivity contribution in [3.8, 4) is 0 Å². The average molecular weight is 325 g/mol. The van der Waals surface area contributed by atoms with Gasteiger partial charge in [-0.15, -0.1) is 0 Å². The molecule has 0 aliphatic carbocycles. The summed E-state index contributed by atoms with van der Waals surface area (Å²) in [6.07, 6.45) is 0. The van der Waals surface area contributed by atoms with E-state index in [4.69, 9.17) is 23.2 Å². The maximum absolute atomic E-state index is 11.9. The van der Waals surface area contributed by atoms with E-state index >= 15 is 0 Å². The molecule has 0 saturated heterocycles. The van der Waals surface area contributed by atoms with Crippen molar-refractivity contribution in [3.63, 3.8) is 0 Å². The third kappa shape index (κ3) is 6.00. The molecule has 0 aliphatic rings. The lowest BCUT2D eigenvalue weighted by atomic mass is 10.2. The van der Waals surface area contributed by atoms with Crippen LogP contribution in [0.4, 0.5) is 0 Å². The van der Waals surface area contributed by atoms with Gasteiger partial charge in [0.25, 0.3) is 5.91 Å². The molecule has 0 aromatic heterocycles. The third-order valence-corrected chi connectivity index (χ3v) is 3.33. The Labute approximate surface area is 130 Å². The lowest BCUT2D eigenvalue weighted by molar-refractivity contribution is -0.0000121. The SMILES string of the molecule is CCN(CC)CCNC(=O)c1ccc(Cl)cc1Cl.[Cl-]. The van der Waals surface area contributed by atoms with E-state index in [2.05, 4.69) is 24.1 Å². The monoisotopic (exact) mass is 323 g/mol. The maximum atomic E-state index is 11.9. The molecule has 0 radical (unpaired) electrons. The fourth-order valence-corrected chi connectivity index (χ4v) is 2.13. The molecule has 1 amide bonds. The normalized spacial score (nSPS) is 10.2. The predicted octanol–water partition coefficient (Wildman–Crippen LogP) is 0.0690. The molecule has 1 rings (SSSR count). The molecule has 0 heterocycles. The lowest BCUT2D eigenvalue weighted by Crippen LogP contribution is -3.00. The Bertz CT molecular complexity index is 409. The first-order valence-electron chi connectivity index (χ1n) is 6.04. The molecule has 1 N–H and O–H groups in total. The molecule has 0 bridgehead atoms. The first-order chi connectivity index (χ1) is 8.58. The summed E-state index contributed by atoms with van der Waals surface area (Å²) in [6.45, 7) is 7.61. The van der Waals surface area contributed by atoms with Gasteiger partial charge in [0.2, 0.25) is 0 Å². The highest BCUT2D eigenvalue weighted by Gasteiger charge is 2.10. The Kier molecular flexibility index (Phi) is 9.19. The van der Waals surface area contributed by atoms with Crippen molar-refractivity contribution >= 4 is 29.1 Å². The molecular weight excluding hydrogens is 307 g/mol. The van der Waals surface area contributed by atoms with E-state index in [1.807, 2.05) is 0 Å². The van der Waals surface area contributed by atoms with Crippen molar-refractivity contribution in [2.24, 2.45) is 0 Å². The number of hydrogen-bond donors (Lipinski definition) is 1. The second-order valence-corrected chi connectivity index (χ2v) is 4.75. The molecule has 1 aromatic carbocycles. The van der Waals surface area contributed by atoms with Crippen LogP contribution in [0.5, 0.6) is 0 Å². The zero-order valence-electron chi connectivity index (χ0n) is 11.0. The zero-order valence-corrected chi connectivity index (χ0v) is 13.3. The highest BCUT2D eigenvalue weighted by atomic mass is 35.5. The number of nitrogens with one attached hydrogen (secondary N) is 1. The Morgan fingerprint density at radius 3 is 2.42 bits per heavy atom. The van der Waals surface area contributed by atoms with Gasteiger partial charge in [-0.2, -0.15) is 0 Å². The average Bonchev–Trinajstić information content (AvgIpc) is 2.34. The summed E-state index contributed by atoms with van der Waals surface area (Å²) in [5.41, 5.74) is 0.459. The summed E-state index contributed by atoms with van der Waals surface area (Å²) in [5, 5.41) is 3.76. The van der Waals surface area contributed by atoms with E-state index in [0.29, 0.717) is 22.2 Å². The smallest absolute Gasteiger partial charge is 0.252 e. The van der Waals surface area contributed by atoms with E-state index in [-0.39, 0.29) is 18.3 Å². The maximum Gasteiger partial charge on any atom is 0.252 e. The number of hydrogen-bond acceptors (Lipinski definition) is 2. The molecule has 0 saturated carbocycles. The van der Waals surface area contributed by atoms with Crippen LogP contribution in [0, 0.1) is 0 Å². The third-order valence-electron chi connectivity index (χ3n) is 2.78. The van der Waals surface area contributed by atoms with Crippen molar-refractivity contribution in [2.45, 2.75) is 13.8 Å². The van der Waals surface area contributed by atoms with E-state index < -0.39 is 0 Å². The minimum absolute atomic E-state index is 0. The predicted molar refractivity (Wildman–Crippen MR) is 76.6 cm³/mol. The van der Waals surface area contributed by atoms with E-state index in [9.17, 15) is 4.79 Å². The second-order valence-electron chi connectivity index (χ2n) is 3.91. The second kappa shape index (κ2) is 9.43. The van der Waals surface area contributed by atoms with Crippen LogP contribution < -0.4 is 17.7 Å². The molecule has 0 fully saturated rings. The lowest BCUT2D eigenvalue weighted by Gasteiger charge is -2.18. The number of amides is 1. The fraction of sp³-hybridized carbons (Fsp3) is 0.462. The van der Waals surface area contributed by atoms with E-state index in [1.54, 1.807) is 18.2 Å². The highest BCUT2D eigenvalue weighted by Crippen LogP contribution is 2.20. The summed E-state index contributed by atoms with van der Waals surface area (Å²) in [4.78, 5) is 14.1. The zero-order chi connectivity index (χ0) is 13.5. The molecule has 19 heavy (non-hydrogen) atoms. The molecule has 0 atom stereocenters. The van der Waals surface area contributed by atoms with Crippen LogP contribution in [0.2, 0.25) is 10.0 Å². The topological polar surface area (TPSA) is 32.3 Å². The number of nitrogens with zero attached hydrogens (tertiary/aromatic N) is 1. The van der Waals surface area contributed by atoms with Crippen molar-refractivity contribution in [3.05, 3.63) is 33.8 Å². The molecule has 3 nitrogen and oxygen atoms in total. The largest absolute Gasteiger partial charge is 1.00 e. The summed E-state index contributed by atoms with van der Waals surface area (Å²) in [7, 11) is 0. The first kappa shape index (κ1) is 18.5. The van der Waals surface area contributed by atoms with Crippen LogP contribution in [-0.2, 0) is 0 Å². The van der Waals surface area contributed by atoms with Gasteiger partial charge >= 0.3 is 0 Å². The Hall–Kier alpha value is -0.480. The van der Waals surface area contributed by atoms with Gasteiger partial charge in [0.1, 0.15) is 0 Å². The quantitative estimate of drug-likeness (QED) is 0.803. The van der Waals surface area contributed by atoms with Gasteiger partial charge in [0.05, 0.1) is 10.6 Å². The number of likely N-dealkylation sites (N-methyl/N-ethyl adjacent to an activating group) is 1. The standard InChI is InChI=1S/C13H18Cl2N2O.ClH/c1-3-17(4-2)8-7-16-13(18)11-6-5-10(14)9-12(11)15;/h5-6,9H,3-4,7-8H2,1-2H3,(H,16,18);1H/p-1. The summed E-state index contributed by atoms with van der Waals surface area (Å²) in [6, 6.07) is 4.87. The molecule has 1 aromatic rings. The molecule has 0 unspecified atom stereocenters. The molecule has 0 aliphatic heterocycles. The van der Waals surface area contributed by atoms with Crippen LogP contribution in [0.25, 0.3) is 0 Å². The number of rotatable bonds is 6. The number of carbonyl (C=O) groups is 1. The summed E-state index contributed by atoms with van der Waals surface area (Å²) in [5.74, 6) is -0.163. The van der Waals surface area contributed by atoms with Gasteiger partial charge in [-0.25, -0.2) is 0 Å². The van der Waals surface area contributed by atoms with E-state index in [0.717, 1.165) is 19.6 Å². The summed E-state index contributed by atoms with van der Waals surface area (Å²) < 4.78 is 0. The van der Waals surface area contributed by atoms with Gasteiger partial charge in [-0.05, 0) is 31.3 Å². The fourth-order valence-electron chi connectivity index (χ4n) is 1.64. The summed E-state index contributed by atoms with van der Waals surface area (Å²) >= 11 is 11.7. The Morgan fingerprint density at radius 1 is 1.26 bits per heavy atom. The van der Waals surface area contributed by atoms with Crippen LogP contribution >= 0.6 is 23.2 Å². The first-order valence-corrected chi connectivity index (χ1v) is 6.79. The van der Waals surface area contributed by atoms with Crippen LogP contribution in [0.15, 0.2) is 18.2 Å². The van der Waals surface area contributed by atoms with Crippen molar-refractivity contribution in [1.29, 1.82) is 0 Å². The van der Waals surface area contributed by atoms with Crippen LogP contribution in [0.1, 0.15) is 24.2 Å².